The molecule has 7 heteroatoms. The molecular formula is C23H27N3O2S2. The van der Waals surface area contributed by atoms with Crippen molar-refractivity contribution < 1.29 is 9.53 Å². The van der Waals surface area contributed by atoms with Crippen LogP contribution < -0.4 is 10.1 Å². The van der Waals surface area contributed by atoms with Gasteiger partial charge in [0, 0.05) is 17.5 Å². The third-order valence-corrected chi connectivity index (χ3v) is 7.45. The molecule has 1 amide bonds. The van der Waals surface area contributed by atoms with Crippen LogP contribution >= 0.6 is 22.7 Å². The molecule has 0 radical (unpaired) electrons. The van der Waals surface area contributed by atoms with Crippen molar-refractivity contribution in [1.82, 2.24) is 15.2 Å². The molecule has 1 fully saturated rings. The quantitative estimate of drug-likeness (QED) is 0.551. The number of amides is 1. The number of carbonyl (C=O) groups excluding carboxylic acids is 1. The molecule has 0 spiro atoms. The number of piperidine rings is 1. The monoisotopic (exact) mass is 441 g/mol. The van der Waals surface area contributed by atoms with Crippen LogP contribution in [0.3, 0.4) is 0 Å². The first-order valence-electron chi connectivity index (χ1n) is 10.3. The van der Waals surface area contributed by atoms with E-state index in [0.29, 0.717) is 11.4 Å². The Balaban J connectivity index is 1.49. The molecule has 0 unspecified atom stereocenters. The number of nitrogens with zero attached hydrogens (tertiary/aromatic N) is 2. The van der Waals surface area contributed by atoms with E-state index < -0.39 is 0 Å². The van der Waals surface area contributed by atoms with Crippen molar-refractivity contribution in [3.63, 3.8) is 0 Å². The molecule has 0 bridgehead atoms. The normalized spacial score (nSPS) is 15.7. The van der Waals surface area contributed by atoms with E-state index in [1.165, 1.54) is 36.2 Å². The van der Waals surface area contributed by atoms with Crippen LogP contribution in [0.15, 0.2) is 41.1 Å². The number of methoxy groups -OCH3 is 1. The summed E-state index contributed by atoms with van der Waals surface area (Å²) >= 11 is 3.11. The van der Waals surface area contributed by atoms with Crippen molar-refractivity contribution >= 4 is 28.6 Å². The Morgan fingerprint density at radius 3 is 2.63 bits per heavy atom. The Labute approximate surface area is 185 Å². The minimum absolute atomic E-state index is 0.0398. The van der Waals surface area contributed by atoms with Crippen molar-refractivity contribution in [1.29, 1.82) is 0 Å². The number of carbonyl (C=O) groups is 1. The number of aromatic nitrogens is 1. The molecule has 1 atom stereocenters. The number of hydrogen-bond donors (Lipinski definition) is 1. The van der Waals surface area contributed by atoms with E-state index in [1.807, 2.05) is 30.5 Å². The Morgan fingerprint density at radius 1 is 1.20 bits per heavy atom. The number of ether oxygens (including phenoxy) is 1. The summed E-state index contributed by atoms with van der Waals surface area (Å²) in [5, 5.41) is 8.19. The first-order chi connectivity index (χ1) is 14.7. The molecule has 0 aliphatic carbocycles. The van der Waals surface area contributed by atoms with Crippen LogP contribution in [-0.2, 0) is 0 Å². The van der Waals surface area contributed by atoms with Gasteiger partial charge < -0.3 is 10.1 Å². The number of thiazole rings is 1. The molecule has 158 valence electrons. The third kappa shape index (κ3) is 4.74. The van der Waals surface area contributed by atoms with Gasteiger partial charge in [-0.1, -0.05) is 18.6 Å². The average molecular weight is 442 g/mol. The second kappa shape index (κ2) is 9.73. The zero-order chi connectivity index (χ0) is 20.9. The molecule has 1 aliphatic rings. The molecule has 1 aromatic carbocycles. The summed E-state index contributed by atoms with van der Waals surface area (Å²) < 4.78 is 5.31. The topological polar surface area (TPSA) is 54.5 Å². The number of aryl methyl sites for hydroxylation is 1. The van der Waals surface area contributed by atoms with E-state index in [2.05, 4.69) is 32.7 Å². The van der Waals surface area contributed by atoms with Gasteiger partial charge in [0.25, 0.3) is 5.91 Å². The molecule has 4 rings (SSSR count). The van der Waals surface area contributed by atoms with Gasteiger partial charge >= 0.3 is 0 Å². The van der Waals surface area contributed by atoms with E-state index in [-0.39, 0.29) is 11.9 Å². The lowest BCUT2D eigenvalue weighted by atomic mass is 10.0. The van der Waals surface area contributed by atoms with E-state index >= 15 is 0 Å². The van der Waals surface area contributed by atoms with Gasteiger partial charge in [0.1, 0.15) is 15.6 Å². The van der Waals surface area contributed by atoms with Crippen molar-refractivity contribution in [2.45, 2.75) is 32.2 Å². The van der Waals surface area contributed by atoms with E-state index in [4.69, 9.17) is 4.74 Å². The SMILES string of the molecule is COc1ccc([C@H](CNC(=O)c2sc(-c3ccsc3)nc2C)N2CCCCC2)cc1. The van der Waals surface area contributed by atoms with Crippen LogP contribution in [0.25, 0.3) is 10.6 Å². The largest absolute Gasteiger partial charge is 0.497 e. The number of hydrogen-bond acceptors (Lipinski definition) is 6. The molecule has 1 aliphatic heterocycles. The molecule has 3 aromatic rings. The van der Waals surface area contributed by atoms with Gasteiger partial charge in [-0.3, -0.25) is 9.69 Å². The second-order valence-corrected chi connectivity index (χ2v) is 9.32. The highest BCUT2D eigenvalue weighted by molar-refractivity contribution is 7.17. The average Bonchev–Trinajstić information content (AvgIpc) is 3.45. The van der Waals surface area contributed by atoms with E-state index in [0.717, 1.165) is 35.1 Å². The highest BCUT2D eigenvalue weighted by Gasteiger charge is 2.24. The van der Waals surface area contributed by atoms with Crippen LogP contribution in [0.2, 0.25) is 0 Å². The summed E-state index contributed by atoms with van der Waals surface area (Å²) in [5.41, 5.74) is 3.08. The summed E-state index contributed by atoms with van der Waals surface area (Å²) in [4.78, 5) is 20.8. The Morgan fingerprint density at radius 2 is 1.97 bits per heavy atom. The number of rotatable bonds is 7. The van der Waals surface area contributed by atoms with E-state index in [1.54, 1.807) is 18.4 Å². The predicted octanol–water partition coefficient (Wildman–Crippen LogP) is 5.15. The zero-order valence-corrected chi connectivity index (χ0v) is 19.0. The summed E-state index contributed by atoms with van der Waals surface area (Å²) in [5.74, 6) is 0.809. The highest BCUT2D eigenvalue weighted by Crippen LogP contribution is 2.30. The standard InChI is InChI=1S/C23H27N3O2S2/c1-16-21(30-23(25-16)18-10-13-29-15-18)22(27)24-14-20(26-11-4-3-5-12-26)17-6-8-19(28-2)9-7-17/h6-10,13,15,20H,3-5,11-12,14H2,1-2H3,(H,24,27)/t20-/m0/s1. The van der Waals surface area contributed by atoms with Gasteiger partial charge in [-0.25, -0.2) is 4.98 Å². The van der Waals surface area contributed by atoms with Gasteiger partial charge in [-0.05, 0) is 62.0 Å². The summed E-state index contributed by atoms with van der Waals surface area (Å²) in [7, 11) is 1.68. The zero-order valence-electron chi connectivity index (χ0n) is 17.4. The first-order valence-corrected chi connectivity index (χ1v) is 12.1. The third-order valence-electron chi connectivity index (χ3n) is 5.56. The molecule has 3 heterocycles. The number of thiophene rings is 1. The second-order valence-electron chi connectivity index (χ2n) is 7.54. The van der Waals surface area contributed by atoms with Crippen molar-refractivity contribution in [2.75, 3.05) is 26.7 Å². The fraction of sp³-hybridized carbons (Fsp3) is 0.391. The molecule has 5 nitrogen and oxygen atoms in total. The van der Waals surface area contributed by atoms with Crippen LogP contribution in [0.4, 0.5) is 0 Å². The molecule has 1 N–H and O–H groups in total. The molecule has 2 aromatic heterocycles. The lowest BCUT2D eigenvalue weighted by Crippen LogP contribution is -2.40. The summed E-state index contributed by atoms with van der Waals surface area (Å²) in [6.45, 7) is 4.62. The Hall–Kier alpha value is -2.22. The lowest BCUT2D eigenvalue weighted by molar-refractivity contribution is 0.0927. The van der Waals surface area contributed by atoms with Crippen LogP contribution in [0.1, 0.15) is 46.2 Å². The minimum atomic E-state index is -0.0398. The number of nitrogens with one attached hydrogen (secondary N) is 1. The van der Waals surface area contributed by atoms with Crippen molar-refractivity contribution in [3.8, 4) is 16.3 Å². The van der Waals surface area contributed by atoms with Crippen LogP contribution in [0, 0.1) is 6.92 Å². The Bertz CT molecular complexity index is 961. The van der Waals surface area contributed by atoms with Gasteiger partial charge in [-0.2, -0.15) is 11.3 Å². The fourth-order valence-electron chi connectivity index (χ4n) is 3.90. The fourth-order valence-corrected chi connectivity index (χ4v) is 5.59. The van der Waals surface area contributed by atoms with Crippen LogP contribution in [-0.4, -0.2) is 42.5 Å². The summed E-state index contributed by atoms with van der Waals surface area (Å²) in [6, 6.07) is 10.4. The molecule has 1 saturated heterocycles. The van der Waals surface area contributed by atoms with Crippen LogP contribution in [0.5, 0.6) is 5.75 Å². The van der Waals surface area contributed by atoms with Crippen molar-refractivity contribution in [2.24, 2.45) is 0 Å². The van der Waals surface area contributed by atoms with Gasteiger partial charge in [0.2, 0.25) is 0 Å². The number of likely N-dealkylation sites (tertiary alicyclic amines) is 1. The van der Waals surface area contributed by atoms with E-state index in [9.17, 15) is 4.79 Å². The first kappa shape index (κ1) is 21.0. The molecular weight excluding hydrogens is 414 g/mol. The lowest BCUT2D eigenvalue weighted by Gasteiger charge is -2.35. The highest BCUT2D eigenvalue weighted by atomic mass is 32.1. The maximum atomic E-state index is 13.0. The van der Waals surface area contributed by atoms with Gasteiger partial charge in [-0.15, -0.1) is 11.3 Å². The maximum absolute atomic E-state index is 13.0. The summed E-state index contributed by atoms with van der Waals surface area (Å²) in [6.07, 6.45) is 3.70. The predicted molar refractivity (Wildman–Crippen MR) is 124 cm³/mol. The minimum Gasteiger partial charge on any atom is -0.497 e. The van der Waals surface area contributed by atoms with Gasteiger partial charge in [0.15, 0.2) is 0 Å². The Kier molecular flexibility index (Phi) is 6.82. The van der Waals surface area contributed by atoms with Gasteiger partial charge in [0.05, 0.1) is 18.8 Å². The maximum Gasteiger partial charge on any atom is 0.263 e. The molecule has 0 saturated carbocycles. The smallest absolute Gasteiger partial charge is 0.263 e. The molecule has 30 heavy (non-hydrogen) atoms. The van der Waals surface area contributed by atoms with Crippen molar-refractivity contribution in [3.05, 3.63) is 57.2 Å². The number of benzene rings is 1.